The van der Waals surface area contributed by atoms with Gasteiger partial charge in [0, 0.05) is 6.42 Å². The Morgan fingerprint density at radius 3 is 2.55 bits per heavy atom. The third-order valence-electron chi connectivity index (χ3n) is 3.23. The summed E-state index contributed by atoms with van der Waals surface area (Å²) in [5, 5.41) is 0.336. The molecule has 0 fully saturated rings. The standard InChI is InChI=1S/C16H27ClO2Si/c1-5-6-7-8-9-10-11-16(19-20(2,3)4)12-14(17)15(18)13-16/h9-10,12H,5-8,11,13H2,1-4H3/t16-/m0/s1. The molecule has 0 aromatic carbocycles. The van der Waals surface area contributed by atoms with Crippen molar-refractivity contribution in [2.75, 3.05) is 0 Å². The Morgan fingerprint density at radius 2 is 2.05 bits per heavy atom. The fraction of sp³-hybridized carbons (Fsp3) is 0.688. The lowest BCUT2D eigenvalue weighted by Gasteiger charge is -2.33. The molecule has 1 atom stereocenters. The molecule has 0 saturated carbocycles. The molecule has 0 aromatic heterocycles. The van der Waals surface area contributed by atoms with E-state index in [1.54, 1.807) is 0 Å². The summed E-state index contributed by atoms with van der Waals surface area (Å²) in [7, 11) is -1.72. The molecule has 0 aliphatic heterocycles. The monoisotopic (exact) mass is 314 g/mol. The number of rotatable bonds is 8. The summed E-state index contributed by atoms with van der Waals surface area (Å²) in [5.74, 6) is 0.00398. The van der Waals surface area contributed by atoms with E-state index in [2.05, 4.69) is 38.7 Å². The van der Waals surface area contributed by atoms with E-state index in [4.69, 9.17) is 16.0 Å². The fourth-order valence-electron chi connectivity index (χ4n) is 2.48. The number of ketones is 1. The highest BCUT2D eigenvalue weighted by atomic mass is 35.5. The fourth-order valence-corrected chi connectivity index (χ4v) is 4.18. The first-order valence-electron chi connectivity index (χ1n) is 7.55. The molecule has 0 amide bonds. The van der Waals surface area contributed by atoms with Crippen LogP contribution in [0.3, 0.4) is 0 Å². The summed E-state index contributed by atoms with van der Waals surface area (Å²) in [6, 6.07) is 0. The summed E-state index contributed by atoms with van der Waals surface area (Å²) in [5.41, 5.74) is -0.500. The van der Waals surface area contributed by atoms with Crippen LogP contribution in [0.25, 0.3) is 0 Å². The average molecular weight is 315 g/mol. The predicted molar refractivity (Wildman–Crippen MR) is 88.6 cm³/mol. The lowest BCUT2D eigenvalue weighted by atomic mass is 9.98. The van der Waals surface area contributed by atoms with Gasteiger partial charge in [-0.15, -0.1) is 0 Å². The molecule has 0 aromatic rings. The summed E-state index contributed by atoms with van der Waals surface area (Å²) in [4.78, 5) is 11.8. The van der Waals surface area contributed by atoms with Crippen LogP contribution in [-0.2, 0) is 9.22 Å². The van der Waals surface area contributed by atoms with Gasteiger partial charge in [0.2, 0.25) is 0 Å². The first kappa shape index (κ1) is 17.7. The van der Waals surface area contributed by atoms with Gasteiger partial charge >= 0.3 is 0 Å². The van der Waals surface area contributed by atoms with Crippen LogP contribution in [0.2, 0.25) is 19.6 Å². The number of hydrogen-bond acceptors (Lipinski definition) is 2. The first-order valence-corrected chi connectivity index (χ1v) is 11.3. The zero-order chi connectivity index (χ0) is 15.2. The van der Waals surface area contributed by atoms with Gasteiger partial charge in [-0.2, -0.15) is 0 Å². The number of carbonyl (C=O) groups is 1. The van der Waals surface area contributed by atoms with Crippen LogP contribution in [0.15, 0.2) is 23.3 Å². The van der Waals surface area contributed by atoms with E-state index in [0.29, 0.717) is 11.5 Å². The van der Waals surface area contributed by atoms with Gasteiger partial charge in [-0.25, -0.2) is 0 Å². The smallest absolute Gasteiger partial charge is 0.184 e. The lowest BCUT2D eigenvalue weighted by molar-refractivity contribution is -0.116. The zero-order valence-electron chi connectivity index (χ0n) is 13.2. The van der Waals surface area contributed by atoms with Crippen LogP contribution >= 0.6 is 11.6 Å². The number of Topliss-reactive ketones (excluding diaryl/α,β-unsaturated/α-hetero) is 1. The second-order valence-electron chi connectivity index (χ2n) is 6.54. The maximum atomic E-state index is 11.8. The topological polar surface area (TPSA) is 26.3 Å². The Morgan fingerprint density at radius 1 is 1.35 bits per heavy atom. The van der Waals surface area contributed by atoms with Crippen molar-refractivity contribution in [2.24, 2.45) is 0 Å². The van der Waals surface area contributed by atoms with Gasteiger partial charge in [-0.05, 0) is 45.0 Å². The number of unbranched alkanes of at least 4 members (excludes halogenated alkanes) is 3. The van der Waals surface area contributed by atoms with Crippen LogP contribution < -0.4 is 0 Å². The minimum Gasteiger partial charge on any atom is -0.408 e. The zero-order valence-corrected chi connectivity index (χ0v) is 14.9. The van der Waals surface area contributed by atoms with E-state index in [1.807, 2.05) is 6.08 Å². The molecule has 1 aliphatic rings. The SMILES string of the molecule is CCCCCC=CC[C@]1(O[Si](C)(C)C)C=C(Cl)C(=O)C1. The van der Waals surface area contributed by atoms with E-state index in [9.17, 15) is 4.79 Å². The van der Waals surface area contributed by atoms with Crippen LogP contribution in [-0.4, -0.2) is 19.7 Å². The van der Waals surface area contributed by atoms with E-state index >= 15 is 0 Å². The van der Waals surface area contributed by atoms with E-state index in [0.717, 1.165) is 12.8 Å². The molecule has 1 rings (SSSR count). The van der Waals surface area contributed by atoms with Gasteiger partial charge in [-0.3, -0.25) is 4.79 Å². The number of halogens is 1. The van der Waals surface area contributed by atoms with Crippen molar-refractivity contribution in [3.63, 3.8) is 0 Å². The molecule has 20 heavy (non-hydrogen) atoms. The summed E-state index contributed by atoms with van der Waals surface area (Å²) in [6.45, 7) is 8.64. The Labute approximate surface area is 129 Å². The van der Waals surface area contributed by atoms with Crippen molar-refractivity contribution in [3.05, 3.63) is 23.3 Å². The van der Waals surface area contributed by atoms with Crippen molar-refractivity contribution >= 4 is 25.7 Å². The third-order valence-corrected chi connectivity index (χ3v) is 4.57. The molecule has 0 unspecified atom stereocenters. The number of hydrogen-bond donors (Lipinski definition) is 0. The van der Waals surface area contributed by atoms with Gasteiger partial charge in [-0.1, -0.05) is 43.5 Å². The Hall–Kier alpha value is -0.383. The molecule has 4 heteroatoms. The molecule has 0 heterocycles. The van der Waals surface area contributed by atoms with Crippen molar-refractivity contribution in [1.29, 1.82) is 0 Å². The Kier molecular flexibility index (Phi) is 6.69. The third kappa shape index (κ3) is 5.94. The summed E-state index contributed by atoms with van der Waals surface area (Å²) in [6.07, 6.45) is 12.1. The van der Waals surface area contributed by atoms with Crippen molar-refractivity contribution in [2.45, 2.75) is 70.7 Å². The van der Waals surface area contributed by atoms with Gasteiger partial charge in [0.1, 0.15) is 0 Å². The minimum atomic E-state index is -1.72. The molecule has 0 spiro atoms. The normalized spacial score (nSPS) is 23.6. The molecular formula is C16H27ClO2Si. The van der Waals surface area contributed by atoms with Crippen LogP contribution in [0.1, 0.15) is 45.4 Å². The van der Waals surface area contributed by atoms with Crippen molar-refractivity contribution in [1.82, 2.24) is 0 Å². The largest absolute Gasteiger partial charge is 0.408 e. The van der Waals surface area contributed by atoms with Crippen molar-refractivity contribution < 1.29 is 9.22 Å². The van der Waals surface area contributed by atoms with Crippen LogP contribution in [0.4, 0.5) is 0 Å². The molecule has 0 saturated heterocycles. The highest BCUT2D eigenvalue weighted by Gasteiger charge is 2.40. The highest BCUT2D eigenvalue weighted by Crippen LogP contribution is 2.36. The molecule has 0 N–H and O–H groups in total. The first-order chi connectivity index (χ1) is 9.28. The van der Waals surface area contributed by atoms with Gasteiger partial charge in [0.25, 0.3) is 0 Å². The van der Waals surface area contributed by atoms with Crippen molar-refractivity contribution in [3.8, 4) is 0 Å². The maximum absolute atomic E-state index is 11.8. The average Bonchev–Trinajstić information content (AvgIpc) is 2.57. The van der Waals surface area contributed by atoms with E-state index < -0.39 is 13.9 Å². The lowest BCUT2D eigenvalue weighted by Crippen LogP contribution is -2.40. The van der Waals surface area contributed by atoms with Gasteiger partial charge in [0.15, 0.2) is 14.1 Å². The maximum Gasteiger partial charge on any atom is 0.184 e. The molecule has 2 nitrogen and oxygen atoms in total. The number of allylic oxidation sites excluding steroid dienone is 2. The Balaban J connectivity index is 2.64. The van der Waals surface area contributed by atoms with E-state index in [1.165, 1.54) is 19.3 Å². The number of carbonyl (C=O) groups excluding carboxylic acids is 1. The second-order valence-corrected chi connectivity index (χ2v) is 11.4. The minimum absolute atomic E-state index is 0.00398. The summed E-state index contributed by atoms with van der Waals surface area (Å²) < 4.78 is 6.26. The van der Waals surface area contributed by atoms with Crippen LogP contribution in [0.5, 0.6) is 0 Å². The second kappa shape index (κ2) is 7.58. The highest BCUT2D eigenvalue weighted by molar-refractivity contribution is 6.69. The van der Waals surface area contributed by atoms with Gasteiger partial charge < -0.3 is 4.43 Å². The Bertz CT molecular complexity index is 396. The predicted octanol–water partition coefficient (Wildman–Crippen LogP) is 5.20. The molecule has 1 aliphatic carbocycles. The van der Waals surface area contributed by atoms with Gasteiger partial charge in [0.05, 0.1) is 10.6 Å². The molecular weight excluding hydrogens is 288 g/mol. The van der Waals surface area contributed by atoms with Crippen LogP contribution in [0, 0.1) is 0 Å². The molecule has 0 bridgehead atoms. The summed E-state index contributed by atoms with van der Waals surface area (Å²) >= 11 is 5.98. The molecule has 114 valence electrons. The molecule has 0 radical (unpaired) electrons. The quantitative estimate of drug-likeness (QED) is 0.350. The van der Waals surface area contributed by atoms with E-state index in [-0.39, 0.29) is 5.78 Å².